The Morgan fingerprint density at radius 1 is 1.22 bits per heavy atom. The Balaban J connectivity index is 2.40. The summed E-state index contributed by atoms with van der Waals surface area (Å²) in [5.74, 6) is 0. The van der Waals surface area contributed by atoms with E-state index in [1.807, 2.05) is 18.8 Å². The van der Waals surface area contributed by atoms with Crippen LogP contribution in [0.1, 0.15) is 5.56 Å². The number of benzene rings is 1. The summed E-state index contributed by atoms with van der Waals surface area (Å²) in [6, 6.07) is 6.45. The molecule has 0 spiro atoms. The van der Waals surface area contributed by atoms with Gasteiger partial charge in [0.2, 0.25) is 0 Å². The third kappa shape index (κ3) is 1.42. The Bertz CT molecular complexity index is 714. The van der Waals surface area contributed by atoms with E-state index in [9.17, 15) is 0 Å². The van der Waals surface area contributed by atoms with Crippen LogP contribution in [0, 0.1) is 6.92 Å². The van der Waals surface area contributed by atoms with Crippen molar-refractivity contribution in [2.75, 3.05) is 5.73 Å². The zero-order valence-electron chi connectivity index (χ0n) is 10.8. The van der Waals surface area contributed by atoms with E-state index in [0.29, 0.717) is 5.69 Å². The van der Waals surface area contributed by atoms with Crippen LogP contribution in [0.3, 0.4) is 0 Å². The van der Waals surface area contributed by atoms with Crippen molar-refractivity contribution in [2.45, 2.75) is 6.92 Å². The maximum absolute atomic E-state index is 6.02. The van der Waals surface area contributed by atoms with Crippen LogP contribution in [0.4, 0.5) is 5.69 Å². The van der Waals surface area contributed by atoms with Crippen LogP contribution in [0.5, 0.6) is 0 Å². The molecule has 2 heterocycles. The molecule has 0 radical (unpaired) electrons. The minimum absolute atomic E-state index is 0.714. The highest BCUT2D eigenvalue weighted by atomic mass is 15.3. The van der Waals surface area contributed by atoms with Gasteiger partial charge in [0, 0.05) is 36.8 Å². The van der Waals surface area contributed by atoms with Crippen molar-refractivity contribution in [3.63, 3.8) is 0 Å². The molecule has 0 aliphatic rings. The lowest BCUT2D eigenvalue weighted by Gasteiger charge is -2.02. The zero-order valence-corrected chi connectivity index (χ0v) is 10.8. The van der Waals surface area contributed by atoms with Gasteiger partial charge in [-0.1, -0.05) is 11.6 Å². The Labute approximate surface area is 106 Å². The molecule has 4 nitrogen and oxygen atoms in total. The zero-order chi connectivity index (χ0) is 12.9. The standard InChI is InChI=1S/C14H16N4/c1-9-4-5-13-10(6-9)11(8-17(13)2)14-12(15)7-16-18(14)3/h4-8H,15H2,1-3H3. The van der Waals surface area contributed by atoms with E-state index < -0.39 is 0 Å². The van der Waals surface area contributed by atoms with Gasteiger partial charge in [-0.2, -0.15) is 5.10 Å². The molecule has 0 aliphatic heterocycles. The molecule has 3 rings (SSSR count). The number of hydrogen-bond donors (Lipinski definition) is 1. The van der Waals surface area contributed by atoms with E-state index in [1.54, 1.807) is 6.20 Å². The van der Waals surface area contributed by atoms with Crippen LogP contribution < -0.4 is 5.73 Å². The molecule has 0 amide bonds. The fourth-order valence-electron chi connectivity index (χ4n) is 2.48. The summed E-state index contributed by atoms with van der Waals surface area (Å²) in [6.45, 7) is 2.10. The maximum atomic E-state index is 6.02. The van der Waals surface area contributed by atoms with Gasteiger partial charge in [0.25, 0.3) is 0 Å². The summed E-state index contributed by atoms with van der Waals surface area (Å²) in [7, 11) is 3.97. The molecule has 0 bridgehead atoms. The molecule has 4 heteroatoms. The predicted molar refractivity (Wildman–Crippen MR) is 74.3 cm³/mol. The van der Waals surface area contributed by atoms with Gasteiger partial charge in [-0.15, -0.1) is 0 Å². The Morgan fingerprint density at radius 2 is 2.00 bits per heavy atom. The summed E-state index contributed by atoms with van der Waals surface area (Å²) >= 11 is 0. The van der Waals surface area contributed by atoms with Gasteiger partial charge in [0.1, 0.15) is 0 Å². The van der Waals surface area contributed by atoms with Crippen LogP contribution in [0.15, 0.2) is 30.6 Å². The van der Waals surface area contributed by atoms with Crippen LogP contribution >= 0.6 is 0 Å². The molecular weight excluding hydrogens is 224 g/mol. The minimum Gasteiger partial charge on any atom is -0.396 e. The predicted octanol–water partition coefficient (Wildman–Crippen LogP) is 2.47. The molecule has 1 aromatic carbocycles. The summed E-state index contributed by atoms with van der Waals surface area (Å²) in [5.41, 5.74) is 11.3. The molecule has 0 fully saturated rings. The SMILES string of the molecule is Cc1ccc2c(c1)c(-c1c(N)cnn1C)cn2C. The summed E-state index contributed by atoms with van der Waals surface area (Å²) in [4.78, 5) is 0. The number of aryl methyl sites for hydroxylation is 3. The first kappa shape index (κ1) is 10.9. The van der Waals surface area contributed by atoms with Gasteiger partial charge >= 0.3 is 0 Å². The van der Waals surface area contributed by atoms with Crippen molar-refractivity contribution in [3.8, 4) is 11.3 Å². The fourth-order valence-corrected chi connectivity index (χ4v) is 2.48. The van der Waals surface area contributed by atoms with Crippen LogP contribution in [0.2, 0.25) is 0 Å². The highest BCUT2D eigenvalue weighted by Gasteiger charge is 2.14. The molecule has 3 aromatic rings. The lowest BCUT2D eigenvalue weighted by Crippen LogP contribution is -1.95. The molecule has 92 valence electrons. The average Bonchev–Trinajstić information content (AvgIpc) is 2.81. The normalized spacial score (nSPS) is 11.3. The van der Waals surface area contributed by atoms with Crippen LogP contribution in [-0.4, -0.2) is 14.3 Å². The number of anilines is 1. The first-order valence-electron chi connectivity index (χ1n) is 5.91. The van der Waals surface area contributed by atoms with Crippen molar-refractivity contribution in [1.82, 2.24) is 14.3 Å². The lowest BCUT2D eigenvalue weighted by atomic mass is 10.1. The van der Waals surface area contributed by atoms with Crippen LogP contribution in [-0.2, 0) is 14.1 Å². The topological polar surface area (TPSA) is 48.8 Å². The molecule has 0 unspecified atom stereocenters. The number of hydrogen-bond acceptors (Lipinski definition) is 2. The summed E-state index contributed by atoms with van der Waals surface area (Å²) in [6.07, 6.45) is 3.81. The van der Waals surface area contributed by atoms with E-state index >= 15 is 0 Å². The van der Waals surface area contributed by atoms with Gasteiger partial charge in [-0.3, -0.25) is 4.68 Å². The molecule has 2 N–H and O–H groups in total. The van der Waals surface area contributed by atoms with Gasteiger partial charge in [-0.05, 0) is 19.1 Å². The van der Waals surface area contributed by atoms with Gasteiger partial charge in [0.15, 0.2) is 0 Å². The minimum atomic E-state index is 0.714. The Morgan fingerprint density at radius 3 is 2.67 bits per heavy atom. The van der Waals surface area contributed by atoms with Crippen molar-refractivity contribution in [1.29, 1.82) is 0 Å². The molecule has 2 aromatic heterocycles. The van der Waals surface area contributed by atoms with Gasteiger partial charge < -0.3 is 10.3 Å². The average molecular weight is 240 g/mol. The highest BCUT2D eigenvalue weighted by Crippen LogP contribution is 2.33. The monoisotopic (exact) mass is 240 g/mol. The van der Waals surface area contributed by atoms with Crippen molar-refractivity contribution in [3.05, 3.63) is 36.2 Å². The van der Waals surface area contributed by atoms with Crippen molar-refractivity contribution in [2.24, 2.45) is 14.1 Å². The maximum Gasteiger partial charge on any atom is 0.0930 e. The molecular formula is C14H16N4. The molecule has 0 aliphatic carbocycles. The van der Waals surface area contributed by atoms with E-state index in [4.69, 9.17) is 5.73 Å². The smallest absolute Gasteiger partial charge is 0.0930 e. The Hall–Kier alpha value is -2.23. The fraction of sp³-hybridized carbons (Fsp3) is 0.214. The Kier molecular flexibility index (Phi) is 2.20. The number of nitrogens with two attached hydrogens (primary N) is 1. The second-order valence-corrected chi connectivity index (χ2v) is 4.75. The lowest BCUT2D eigenvalue weighted by molar-refractivity contribution is 0.776. The molecule has 0 atom stereocenters. The number of nitrogen functional groups attached to an aromatic ring is 1. The largest absolute Gasteiger partial charge is 0.396 e. The van der Waals surface area contributed by atoms with Crippen molar-refractivity contribution < 1.29 is 0 Å². The summed E-state index contributed by atoms with van der Waals surface area (Å²) in [5, 5.41) is 5.43. The molecule has 18 heavy (non-hydrogen) atoms. The quantitative estimate of drug-likeness (QED) is 0.710. The number of aromatic nitrogens is 3. The van der Waals surface area contributed by atoms with Gasteiger partial charge in [0.05, 0.1) is 17.6 Å². The third-order valence-corrected chi connectivity index (χ3v) is 3.37. The van der Waals surface area contributed by atoms with E-state index in [0.717, 1.165) is 11.3 Å². The van der Waals surface area contributed by atoms with E-state index in [1.165, 1.54) is 16.5 Å². The number of fused-ring (bicyclic) bond motifs is 1. The van der Waals surface area contributed by atoms with E-state index in [-0.39, 0.29) is 0 Å². The molecule has 0 saturated heterocycles. The first-order chi connectivity index (χ1) is 8.58. The number of rotatable bonds is 1. The van der Waals surface area contributed by atoms with Crippen LogP contribution in [0.25, 0.3) is 22.2 Å². The highest BCUT2D eigenvalue weighted by molar-refractivity contribution is 5.98. The molecule has 0 saturated carbocycles. The summed E-state index contributed by atoms with van der Waals surface area (Å²) < 4.78 is 3.95. The van der Waals surface area contributed by atoms with Gasteiger partial charge in [-0.25, -0.2) is 0 Å². The second-order valence-electron chi connectivity index (χ2n) is 4.75. The van der Waals surface area contributed by atoms with Crippen molar-refractivity contribution >= 4 is 16.6 Å². The number of nitrogens with zero attached hydrogens (tertiary/aromatic N) is 3. The first-order valence-corrected chi connectivity index (χ1v) is 5.91. The third-order valence-electron chi connectivity index (χ3n) is 3.37. The second kappa shape index (κ2) is 3.63. The van der Waals surface area contributed by atoms with E-state index in [2.05, 4.69) is 41.0 Å².